The predicted molar refractivity (Wildman–Crippen MR) is 65.5 cm³/mol. The fraction of sp³-hybridized carbons (Fsp3) is 0.538. The van der Waals surface area contributed by atoms with Crippen LogP contribution in [0.1, 0.15) is 18.0 Å². The van der Waals surface area contributed by atoms with E-state index in [1.165, 1.54) is 7.11 Å². The average Bonchev–Trinajstić information content (AvgIpc) is 2.70. The Bertz CT molecular complexity index is 397. The Morgan fingerprint density at radius 1 is 1.53 bits per heavy atom. The summed E-state index contributed by atoms with van der Waals surface area (Å²) in [6.07, 6.45) is 1.07. The highest BCUT2D eigenvalue weighted by atomic mass is 19.1. The standard InChI is InChI=1S/C13H19FN2O/c1-16-6-5-10(8-15)13(16)9-3-4-12(17-2)11(14)7-9/h3-4,7,10,13H,5-6,8,15H2,1-2H3. The Hall–Kier alpha value is -1.13. The van der Waals surface area contributed by atoms with Crippen molar-refractivity contribution in [2.24, 2.45) is 11.7 Å². The van der Waals surface area contributed by atoms with Crippen LogP contribution < -0.4 is 10.5 Å². The van der Waals surface area contributed by atoms with Crippen LogP contribution in [-0.4, -0.2) is 32.1 Å². The molecule has 1 fully saturated rings. The van der Waals surface area contributed by atoms with Crippen LogP contribution in [0, 0.1) is 11.7 Å². The fourth-order valence-electron chi connectivity index (χ4n) is 2.67. The number of hydrogen-bond acceptors (Lipinski definition) is 3. The lowest BCUT2D eigenvalue weighted by atomic mass is 9.94. The monoisotopic (exact) mass is 238 g/mol. The van der Waals surface area contributed by atoms with Gasteiger partial charge in [0.25, 0.3) is 0 Å². The number of likely N-dealkylation sites (tertiary alicyclic amines) is 1. The topological polar surface area (TPSA) is 38.5 Å². The van der Waals surface area contributed by atoms with Crippen LogP contribution >= 0.6 is 0 Å². The molecule has 1 aromatic carbocycles. The van der Waals surface area contributed by atoms with Gasteiger partial charge in [0.1, 0.15) is 0 Å². The van der Waals surface area contributed by atoms with Gasteiger partial charge in [0.05, 0.1) is 7.11 Å². The maximum atomic E-state index is 13.7. The number of halogens is 1. The van der Waals surface area contributed by atoms with Gasteiger partial charge in [-0.15, -0.1) is 0 Å². The normalized spacial score (nSPS) is 25.2. The van der Waals surface area contributed by atoms with E-state index in [0.717, 1.165) is 18.5 Å². The average molecular weight is 238 g/mol. The Balaban J connectivity index is 2.29. The number of rotatable bonds is 3. The summed E-state index contributed by atoms with van der Waals surface area (Å²) >= 11 is 0. The van der Waals surface area contributed by atoms with Gasteiger partial charge >= 0.3 is 0 Å². The van der Waals surface area contributed by atoms with Gasteiger partial charge < -0.3 is 10.5 Å². The van der Waals surface area contributed by atoms with Crippen molar-refractivity contribution in [1.29, 1.82) is 0 Å². The Labute approximate surface area is 101 Å². The third kappa shape index (κ3) is 2.28. The molecule has 1 heterocycles. The zero-order valence-electron chi connectivity index (χ0n) is 10.3. The van der Waals surface area contributed by atoms with E-state index in [9.17, 15) is 4.39 Å². The minimum absolute atomic E-state index is 0.223. The quantitative estimate of drug-likeness (QED) is 0.872. The molecule has 1 aliphatic heterocycles. The Morgan fingerprint density at radius 3 is 2.88 bits per heavy atom. The van der Waals surface area contributed by atoms with Gasteiger partial charge in [-0.1, -0.05) is 6.07 Å². The van der Waals surface area contributed by atoms with Gasteiger partial charge in [-0.25, -0.2) is 4.39 Å². The first-order valence-corrected chi connectivity index (χ1v) is 5.91. The minimum atomic E-state index is -0.305. The number of ether oxygens (including phenoxy) is 1. The van der Waals surface area contributed by atoms with Crippen LogP contribution in [-0.2, 0) is 0 Å². The summed E-state index contributed by atoms with van der Waals surface area (Å²) in [7, 11) is 3.53. The molecule has 0 aliphatic carbocycles. The fourth-order valence-corrected chi connectivity index (χ4v) is 2.67. The molecule has 1 saturated heterocycles. The van der Waals surface area contributed by atoms with Gasteiger partial charge in [0.2, 0.25) is 0 Å². The van der Waals surface area contributed by atoms with E-state index in [0.29, 0.717) is 18.2 Å². The zero-order valence-corrected chi connectivity index (χ0v) is 10.3. The molecule has 2 rings (SSSR count). The van der Waals surface area contributed by atoms with Crippen LogP contribution in [0.5, 0.6) is 5.75 Å². The lowest BCUT2D eigenvalue weighted by molar-refractivity contribution is 0.278. The van der Waals surface area contributed by atoms with Crippen molar-refractivity contribution in [1.82, 2.24) is 4.90 Å². The van der Waals surface area contributed by atoms with E-state index in [4.69, 9.17) is 10.5 Å². The summed E-state index contributed by atoms with van der Waals surface area (Å²) in [6.45, 7) is 1.66. The molecule has 0 spiro atoms. The van der Waals surface area contributed by atoms with Crippen molar-refractivity contribution < 1.29 is 9.13 Å². The molecule has 0 aromatic heterocycles. The van der Waals surface area contributed by atoms with E-state index < -0.39 is 0 Å². The van der Waals surface area contributed by atoms with Crippen molar-refractivity contribution in [3.8, 4) is 5.75 Å². The maximum Gasteiger partial charge on any atom is 0.165 e. The second kappa shape index (κ2) is 5.02. The Morgan fingerprint density at radius 2 is 2.29 bits per heavy atom. The molecule has 17 heavy (non-hydrogen) atoms. The maximum absolute atomic E-state index is 13.7. The zero-order chi connectivity index (χ0) is 12.4. The highest BCUT2D eigenvalue weighted by Crippen LogP contribution is 2.36. The molecule has 3 nitrogen and oxygen atoms in total. The summed E-state index contributed by atoms with van der Waals surface area (Å²) < 4.78 is 18.6. The molecule has 94 valence electrons. The number of benzene rings is 1. The minimum Gasteiger partial charge on any atom is -0.494 e. The predicted octanol–water partition coefficient (Wildman–Crippen LogP) is 1.79. The molecule has 2 atom stereocenters. The summed E-state index contributed by atoms with van der Waals surface area (Å²) in [4.78, 5) is 2.23. The molecular formula is C13H19FN2O. The van der Waals surface area contributed by atoms with Gasteiger partial charge in [0, 0.05) is 6.04 Å². The molecule has 0 amide bonds. The second-order valence-corrected chi connectivity index (χ2v) is 4.60. The van der Waals surface area contributed by atoms with E-state index in [2.05, 4.69) is 11.9 Å². The summed E-state index contributed by atoms with van der Waals surface area (Å²) in [6, 6.07) is 5.40. The van der Waals surface area contributed by atoms with Gasteiger partial charge in [0.15, 0.2) is 11.6 Å². The third-order valence-corrected chi connectivity index (χ3v) is 3.59. The lowest BCUT2D eigenvalue weighted by Gasteiger charge is -2.25. The Kier molecular flexibility index (Phi) is 3.64. The molecule has 1 aromatic rings. The number of nitrogens with two attached hydrogens (primary N) is 1. The number of nitrogens with zero attached hydrogens (tertiary/aromatic N) is 1. The molecular weight excluding hydrogens is 219 g/mol. The van der Waals surface area contributed by atoms with E-state index >= 15 is 0 Å². The highest BCUT2D eigenvalue weighted by molar-refractivity contribution is 5.31. The van der Waals surface area contributed by atoms with Crippen LogP contribution in [0.25, 0.3) is 0 Å². The van der Waals surface area contributed by atoms with E-state index in [-0.39, 0.29) is 11.9 Å². The van der Waals surface area contributed by atoms with Crippen LogP contribution in [0.3, 0.4) is 0 Å². The highest BCUT2D eigenvalue weighted by Gasteiger charge is 2.32. The largest absolute Gasteiger partial charge is 0.494 e. The first-order valence-electron chi connectivity index (χ1n) is 5.91. The summed E-state index contributed by atoms with van der Waals surface area (Å²) in [5.41, 5.74) is 6.76. The van der Waals surface area contributed by atoms with Crippen molar-refractivity contribution in [2.75, 3.05) is 27.2 Å². The van der Waals surface area contributed by atoms with E-state index in [1.807, 2.05) is 6.07 Å². The van der Waals surface area contributed by atoms with Crippen LogP contribution in [0.2, 0.25) is 0 Å². The SMILES string of the molecule is COc1ccc(C2C(CN)CCN2C)cc1F. The van der Waals surface area contributed by atoms with Gasteiger partial charge in [-0.2, -0.15) is 0 Å². The third-order valence-electron chi connectivity index (χ3n) is 3.59. The lowest BCUT2D eigenvalue weighted by Crippen LogP contribution is -2.25. The molecule has 4 heteroatoms. The molecule has 0 radical (unpaired) electrons. The second-order valence-electron chi connectivity index (χ2n) is 4.60. The van der Waals surface area contributed by atoms with E-state index in [1.54, 1.807) is 12.1 Å². The summed E-state index contributed by atoms with van der Waals surface area (Å²) in [5.74, 6) is 0.396. The van der Waals surface area contributed by atoms with Gasteiger partial charge in [-0.3, -0.25) is 4.90 Å². The molecule has 2 unspecified atom stereocenters. The first kappa shape index (κ1) is 12.3. The molecule has 0 bridgehead atoms. The van der Waals surface area contributed by atoms with Crippen molar-refractivity contribution >= 4 is 0 Å². The first-order chi connectivity index (χ1) is 8.17. The smallest absolute Gasteiger partial charge is 0.165 e. The van der Waals surface area contributed by atoms with Crippen LogP contribution in [0.15, 0.2) is 18.2 Å². The number of methoxy groups -OCH3 is 1. The van der Waals surface area contributed by atoms with Crippen molar-refractivity contribution in [2.45, 2.75) is 12.5 Å². The van der Waals surface area contributed by atoms with Crippen molar-refractivity contribution in [3.63, 3.8) is 0 Å². The van der Waals surface area contributed by atoms with Crippen molar-refractivity contribution in [3.05, 3.63) is 29.6 Å². The van der Waals surface area contributed by atoms with Crippen LogP contribution in [0.4, 0.5) is 4.39 Å². The molecule has 1 aliphatic rings. The molecule has 2 N–H and O–H groups in total. The molecule has 0 saturated carbocycles. The number of hydrogen-bond donors (Lipinski definition) is 1. The van der Waals surface area contributed by atoms with Gasteiger partial charge in [-0.05, 0) is 50.2 Å². The summed E-state index contributed by atoms with van der Waals surface area (Å²) in [5, 5.41) is 0.